The maximum absolute atomic E-state index is 11.9. The number of benzene rings is 1. The van der Waals surface area contributed by atoms with Crippen LogP contribution in [0.4, 0.5) is 0 Å². The van der Waals surface area contributed by atoms with Gasteiger partial charge in [0.25, 0.3) is 5.91 Å². The van der Waals surface area contributed by atoms with E-state index in [2.05, 4.69) is 5.43 Å². The number of hydrogen-bond donors (Lipinski definition) is 3. The van der Waals surface area contributed by atoms with Crippen molar-refractivity contribution >= 4 is 11.9 Å². The number of nitrogens with zero attached hydrogens (tertiary/aromatic N) is 1. The highest BCUT2D eigenvalue weighted by Crippen LogP contribution is 2.09. The van der Waals surface area contributed by atoms with Gasteiger partial charge in [-0.25, -0.2) is 9.80 Å². The maximum Gasteiger partial charge on any atom is 0.335 e. The zero-order valence-corrected chi connectivity index (χ0v) is 10.4. The Morgan fingerprint density at radius 3 is 2.16 bits per heavy atom. The first-order chi connectivity index (χ1) is 9.06. The van der Waals surface area contributed by atoms with Crippen molar-refractivity contribution < 1.29 is 19.8 Å². The van der Waals surface area contributed by atoms with Crippen LogP contribution >= 0.6 is 0 Å². The van der Waals surface area contributed by atoms with E-state index in [-0.39, 0.29) is 17.6 Å². The molecule has 1 heterocycles. The molecule has 0 atom stereocenters. The summed E-state index contributed by atoms with van der Waals surface area (Å²) >= 11 is 0. The highest BCUT2D eigenvalue weighted by molar-refractivity contribution is 5.95. The van der Waals surface area contributed by atoms with Crippen LogP contribution in [0.25, 0.3) is 0 Å². The molecule has 1 saturated heterocycles. The number of amides is 1. The standard InChI is InChI=1S/C13H16N2O4/c16-11-5-7-15(8-6-11)14-12(17)9-1-3-10(4-2-9)13(18)19/h1-4,11,16H,5-8H2,(H,14,17)(H,18,19). The van der Waals surface area contributed by atoms with E-state index in [4.69, 9.17) is 5.11 Å². The lowest BCUT2D eigenvalue weighted by atomic mass is 10.1. The minimum absolute atomic E-state index is 0.151. The number of carbonyl (C=O) groups excluding carboxylic acids is 1. The van der Waals surface area contributed by atoms with Gasteiger partial charge >= 0.3 is 5.97 Å². The summed E-state index contributed by atoms with van der Waals surface area (Å²) in [5.41, 5.74) is 3.30. The van der Waals surface area contributed by atoms with E-state index in [0.717, 1.165) is 0 Å². The van der Waals surface area contributed by atoms with Crippen LogP contribution in [0.3, 0.4) is 0 Å². The Labute approximate surface area is 110 Å². The van der Waals surface area contributed by atoms with Crippen molar-refractivity contribution in [3.63, 3.8) is 0 Å². The van der Waals surface area contributed by atoms with Gasteiger partial charge in [-0.15, -0.1) is 0 Å². The van der Waals surface area contributed by atoms with Crippen LogP contribution in [-0.2, 0) is 0 Å². The van der Waals surface area contributed by atoms with Gasteiger partial charge in [0, 0.05) is 18.7 Å². The summed E-state index contributed by atoms with van der Waals surface area (Å²) in [5.74, 6) is -1.29. The Kier molecular flexibility index (Phi) is 4.13. The van der Waals surface area contributed by atoms with Gasteiger partial charge in [0.05, 0.1) is 11.7 Å². The molecule has 1 aromatic carbocycles. The smallest absolute Gasteiger partial charge is 0.335 e. The molecule has 1 aliphatic rings. The number of aliphatic hydroxyl groups is 1. The molecule has 19 heavy (non-hydrogen) atoms. The van der Waals surface area contributed by atoms with E-state index in [1.807, 2.05) is 0 Å². The molecule has 1 aromatic rings. The molecule has 2 rings (SSSR count). The SMILES string of the molecule is O=C(O)c1ccc(C(=O)NN2CCC(O)CC2)cc1. The summed E-state index contributed by atoms with van der Waals surface area (Å²) in [5, 5.41) is 19.9. The molecule has 1 amide bonds. The third kappa shape index (κ3) is 3.52. The van der Waals surface area contributed by atoms with Gasteiger partial charge in [0.2, 0.25) is 0 Å². The van der Waals surface area contributed by atoms with Gasteiger partial charge < -0.3 is 10.2 Å². The molecular formula is C13H16N2O4. The molecule has 0 radical (unpaired) electrons. The van der Waals surface area contributed by atoms with Gasteiger partial charge in [-0.1, -0.05) is 0 Å². The van der Waals surface area contributed by atoms with Gasteiger partial charge in [0.15, 0.2) is 0 Å². The number of carboxylic acid groups (broad SMARTS) is 1. The van der Waals surface area contributed by atoms with E-state index in [9.17, 15) is 14.7 Å². The Morgan fingerprint density at radius 1 is 1.11 bits per heavy atom. The van der Waals surface area contributed by atoms with Crippen molar-refractivity contribution in [1.29, 1.82) is 0 Å². The molecule has 6 heteroatoms. The molecule has 6 nitrogen and oxygen atoms in total. The molecular weight excluding hydrogens is 248 g/mol. The van der Waals surface area contributed by atoms with Crippen molar-refractivity contribution in [3.05, 3.63) is 35.4 Å². The Bertz CT molecular complexity index is 464. The Balaban J connectivity index is 1.94. The minimum atomic E-state index is -1.02. The molecule has 0 bridgehead atoms. The van der Waals surface area contributed by atoms with Gasteiger partial charge in [-0.05, 0) is 37.1 Å². The maximum atomic E-state index is 11.9. The molecule has 0 unspecified atom stereocenters. The van der Waals surface area contributed by atoms with Crippen LogP contribution in [0.15, 0.2) is 24.3 Å². The summed E-state index contributed by atoms with van der Waals surface area (Å²) in [6.45, 7) is 1.22. The van der Waals surface area contributed by atoms with E-state index in [1.165, 1.54) is 24.3 Å². The number of aliphatic hydroxyl groups excluding tert-OH is 1. The van der Waals surface area contributed by atoms with Crippen LogP contribution in [0.1, 0.15) is 33.6 Å². The third-order valence-electron chi connectivity index (χ3n) is 3.12. The van der Waals surface area contributed by atoms with Crippen molar-refractivity contribution in [2.45, 2.75) is 18.9 Å². The molecule has 0 saturated carbocycles. The third-order valence-corrected chi connectivity index (χ3v) is 3.12. The summed E-state index contributed by atoms with van der Waals surface area (Å²) in [6, 6.07) is 5.77. The lowest BCUT2D eigenvalue weighted by Crippen LogP contribution is -2.47. The molecule has 0 aliphatic carbocycles. The second kappa shape index (κ2) is 5.81. The number of carboxylic acids is 1. The van der Waals surface area contributed by atoms with Crippen molar-refractivity contribution in [2.24, 2.45) is 0 Å². The number of aromatic carboxylic acids is 1. The average molecular weight is 264 g/mol. The second-order valence-corrected chi connectivity index (χ2v) is 4.54. The number of rotatable bonds is 3. The lowest BCUT2D eigenvalue weighted by Gasteiger charge is -2.29. The quantitative estimate of drug-likeness (QED) is 0.739. The predicted molar refractivity (Wildman–Crippen MR) is 67.7 cm³/mol. The van der Waals surface area contributed by atoms with E-state index in [0.29, 0.717) is 31.5 Å². The van der Waals surface area contributed by atoms with Crippen LogP contribution in [-0.4, -0.2) is 46.3 Å². The van der Waals surface area contributed by atoms with E-state index >= 15 is 0 Å². The fourth-order valence-corrected chi connectivity index (χ4v) is 1.95. The highest BCUT2D eigenvalue weighted by atomic mass is 16.4. The van der Waals surface area contributed by atoms with Crippen LogP contribution in [0.2, 0.25) is 0 Å². The minimum Gasteiger partial charge on any atom is -0.478 e. The topological polar surface area (TPSA) is 89.9 Å². The van der Waals surface area contributed by atoms with E-state index < -0.39 is 5.97 Å². The second-order valence-electron chi connectivity index (χ2n) is 4.54. The monoisotopic (exact) mass is 264 g/mol. The van der Waals surface area contributed by atoms with Crippen LogP contribution < -0.4 is 5.43 Å². The summed E-state index contributed by atoms with van der Waals surface area (Å²) < 4.78 is 0. The number of nitrogens with one attached hydrogen (secondary N) is 1. The highest BCUT2D eigenvalue weighted by Gasteiger charge is 2.19. The normalized spacial score (nSPS) is 17.1. The fourth-order valence-electron chi connectivity index (χ4n) is 1.95. The molecule has 1 aliphatic heterocycles. The summed E-state index contributed by atoms with van der Waals surface area (Å²) in [7, 11) is 0. The summed E-state index contributed by atoms with van der Waals surface area (Å²) in [4.78, 5) is 22.6. The zero-order chi connectivity index (χ0) is 13.8. The van der Waals surface area contributed by atoms with Gasteiger partial charge in [-0.2, -0.15) is 0 Å². The largest absolute Gasteiger partial charge is 0.478 e. The van der Waals surface area contributed by atoms with Crippen molar-refractivity contribution in [3.8, 4) is 0 Å². The van der Waals surface area contributed by atoms with E-state index in [1.54, 1.807) is 5.01 Å². The number of hydrazine groups is 1. The fraction of sp³-hybridized carbons (Fsp3) is 0.385. The first-order valence-electron chi connectivity index (χ1n) is 6.13. The predicted octanol–water partition coefficient (Wildman–Crippen LogP) is 0.486. The summed E-state index contributed by atoms with van der Waals surface area (Å²) in [6.07, 6.45) is 0.985. The average Bonchev–Trinajstić information content (AvgIpc) is 2.41. The number of carbonyl (C=O) groups is 2. The molecule has 102 valence electrons. The molecule has 0 spiro atoms. The molecule has 1 fully saturated rings. The first kappa shape index (κ1) is 13.5. The lowest BCUT2D eigenvalue weighted by molar-refractivity contribution is 0.0467. The van der Waals surface area contributed by atoms with Crippen molar-refractivity contribution in [1.82, 2.24) is 10.4 Å². The van der Waals surface area contributed by atoms with Gasteiger partial charge in [-0.3, -0.25) is 10.2 Å². The van der Waals surface area contributed by atoms with Crippen LogP contribution in [0, 0.1) is 0 Å². The number of hydrogen-bond acceptors (Lipinski definition) is 4. The van der Waals surface area contributed by atoms with Gasteiger partial charge in [0.1, 0.15) is 0 Å². The number of piperidine rings is 1. The molecule has 0 aromatic heterocycles. The van der Waals surface area contributed by atoms with Crippen LogP contribution in [0.5, 0.6) is 0 Å². The van der Waals surface area contributed by atoms with Crippen molar-refractivity contribution in [2.75, 3.05) is 13.1 Å². The first-order valence-corrected chi connectivity index (χ1v) is 6.13. The Morgan fingerprint density at radius 2 is 1.63 bits per heavy atom. The zero-order valence-electron chi connectivity index (χ0n) is 10.4. The Hall–Kier alpha value is -1.92. The molecule has 3 N–H and O–H groups in total.